The molecular weight excluding hydrogens is 474 g/mol. The molecule has 2 aromatic carbocycles. The monoisotopic (exact) mass is 511 g/mol. The van der Waals surface area contributed by atoms with Gasteiger partial charge in [-0.15, -0.1) is 0 Å². The van der Waals surface area contributed by atoms with Gasteiger partial charge in [0, 0.05) is 37.0 Å². The molecule has 36 heavy (non-hydrogen) atoms. The van der Waals surface area contributed by atoms with E-state index in [4.69, 9.17) is 8.71 Å². The van der Waals surface area contributed by atoms with Crippen LogP contribution in [0.2, 0.25) is 0 Å². The van der Waals surface area contributed by atoms with Crippen LogP contribution in [0, 0.1) is 0 Å². The molecule has 0 amide bonds. The SMILES string of the molecule is CC1(C)c2ccc(CCCN3CCN(c4noc5ccccc45)CC3)cc2C(C)(C)C1OS(C)(=O)=O. The Kier molecular flexibility index (Phi) is 6.42. The largest absolute Gasteiger partial charge is 0.354 e. The highest BCUT2D eigenvalue weighted by Gasteiger charge is 2.53. The Balaban J connectivity index is 1.18. The first-order valence-electron chi connectivity index (χ1n) is 12.8. The maximum atomic E-state index is 12.0. The highest BCUT2D eigenvalue weighted by atomic mass is 32.2. The van der Waals surface area contributed by atoms with E-state index in [1.807, 2.05) is 18.2 Å². The number of nitrogens with zero attached hydrogens (tertiary/aromatic N) is 3. The third-order valence-electron chi connectivity index (χ3n) is 8.02. The van der Waals surface area contributed by atoms with Crippen LogP contribution in [0.1, 0.15) is 50.8 Å². The predicted octanol–water partition coefficient (Wildman–Crippen LogP) is 4.50. The fraction of sp³-hybridized carbons (Fsp3) is 0.536. The van der Waals surface area contributed by atoms with E-state index in [-0.39, 0.29) is 10.8 Å². The summed E-state index contributed by atoms with van der Waals surface area (Å²) in [7, 11) is -3.55. The lowest BCUT2D eigenvalue weighted by atomic mass is 9.78. The Labute approximate surface area is 214 Å². The molecule has 5 rings (SSSR count). The lowest BCUT2D eigenvalue weighted by Gasteiger charge is -2.34. The van der Waals surface area contributed by atoms with Crippen LogP contribution in [-0.2, 0) is 31.6 Å². The van der Waals surface area contributed by atoms with E-state index in [1.165, 1.54) is 16.7 Å². The maximum Gasteiger partial charge on any atom is 0.264 e. The third-order valence-corrected chi connectivity index (χ3v) is 8.57. The molecular formula is C28H37N3O4S. The summed E-state index contributed by atoms with van der Waals surface area (Å²) >= 11 is 0. The molecule has 0 saturated carbocycles. The highest BCUT2D eigenvalue weighted by molar-refractivity contribution is 7.86. The van der Waals surface area contributed by atoms with Crippen molar-refractivity contribution >= 4 is 26.9 Å². The van der Waals surface area contributed by atoms with Crippen LogP contribution in [0.4, 0.5) is 5.82 Å². The van der Waals surface area contributed by atoms with E-state index in [0.717, 1.165) is 68.6 Å². The van der Waals surface area contributed by atoms with Crippen molar-refractivity contribution in [3.63, 3.8) is 0 Å². The van der Waals surface area contributed by atoms with E-state index in [9.17, 15) is 8.42 Å². The minimum Gasteiger partial charge on any atom is -0.354 e. The number of hydrogen-bond acceptors (Lipinski definition) is 7. The maximum absolute atomic E-state index is 12.0. The van der Waals surface area contributed by atoms with Crippen molar-refractivity contribution in [3.8, 4) is 0 Å². The number of para-hydroxylation sites is 1. The lowest BCUT2D eigenvalue weighted by Crippen LogP contribution is -2.46. The van der Waals surface area contributed by atoms with Crippen molar-refractivity contribution in [2.24, 2.45) is 0 Å². The van der Waals surface area contributed by atoms with Gasteiger partial charge in [0.05, 0.1) is 17.7 Å². The van der Waals surface area contributed by atoms with Gasteiger partial charge in [0.15, 0.2) is 11.4 Å². The average Bonchev–Trinajstić information content (AvgIpc) is 3.31. The molecule has 1 unspecified atom stereocenters. The number of anilines is 1. The summed E-state index contributed by atoms with van der Waals surface area (Å²) in [4.78, 5) is 4.84. The molecule has 3 aromatic rings. The normalized spacial score (nSPS) is 21.7. The molecule has 194 valence electrons. The zero-order chi connectivity index (χ0) is 25.7. The lowest BCUT2D eigenvalue weighted by molar-refractivity contribution is 0.0882. The van der Waals surface area contributed by atoms with Crippen LogP contribution in [0.3, 0.4) is 0 Å². The number of benzene rings is 2. The molecule has 0 bridgehead atoms. The molecule has 1 aromatic heterocycles. The highest BCUT2D eigenvalue weighted by Crippen LogP contribution is 2.51. The van der Waals surface area contributed by atoms with Gasteiger partial charge in [0.1, 0.15) is 0 Å². The number of rotatable bonds is 7. The summed E-state index contributed by atoms with van der Waals surface area (Å²) in [5.74, 6) is 0.951. The summed E-state index contributed by atoms with van der Waals surface area (Å²) < 4.78 is 35.1. The van der Waals surface area contributed by atoms with Gasteiger partial charge in [0.25, 0.3) is 10.1 Å². The Morgan fingerprint density at radius 2 is 1.69 bits per heavy atom. The van der Waals surface area contributed by atoms with Crippen LogP contribution >= 0.6 is 0 Å². The van der Waals surface area contributed by atoms with Crippen molar-refractivity contribution in [2.45, 2.75) is 57.5 Å². The molecule has 1 fully saturated rings. The minimum atomic E-state index is -3.55. The van der Waals surface area contributed by atoms with Gasteiger partial charge in [-0.2, -0.15) is 8.42 Å². The summed E-state index contributed by atoms with van der Waals surface area (Å²) in [6, 6.07) is 14.7. The predicted molar refractivity (Wildman–Crippen MR) is 143 cm³/mol. The zero-order valence-corrected chi connectivity index (χ0v) is 22.8. The van der Waals surface area contributed by atoms with Gasteiger partial charge < -0.3 is 9.42 Å². The van der Waals surface area contributed by atoms with Crippen molar-refractivity contribution in [1.29, 1.82) is 0 Å². The quantitative estimate of drug-likeness (QED) is 0.433. The minimum absolute atomic E-state index is 0.380. The molecule has 1 aliphatic heterocycles. The number of piperazine rings is 1. The standard InChI is InChI=1S/C28H37N3O4S/c1-27(2)22-13-12-20(19-23(22)28(3,4)26(27)35-36(5,32)33)9-8-14-30-15-17-31(18-16-30)25-21-10-6-7-11-24(21)34-29-25/h6-7,10-13,19,26H,8-9,14-18H2,1-5H3. The van der Waals surface area contributed by atoms with E-state index >= 15 is 0 Å². The first-order valence-corrected chi connectivity index (χ1v) is 14.6. The average molecular weight is 512 g/mol. The molecule has 0 N–H and O–H groups in total. The van der Waals surface area contributed by atoms with E-state index in [2.05, 4.69) is 66.9 Å². The summed E-state index contributed by atoms with van der Waals surface area (Å²) in [6.45, 7) is 13.3. The van der Waals surface area contributed by atoms with Crippen molar-refractivity contribution in [2.75, 3.05) is 43.9 Å². The van der Waals surface area contributed by atoms with Crippen LogP contribution in [0.5, 0.6) is 0 Å². The van der Waals surface area contributed by atoms with Crippen LogP contribution in [-0.4, -0.2) is 63.6 Å². The summed E-state index contributed by atoms with van der Waals surface area (Å²) in [5, 5.41) is 5.39. The van der Waals surface area contributed by atoms with Gasteiger partial charge >= 0.3 is 0 Å². The number of fused-ring (bicyclic) bond motifs is 2. The second-order valence-electron chi connectivity index (χ2n) is 11.4. The Morgan fingerprint density at radius 3 is 2.42 bits per heavy atom. The summed E-state index contributed by atoms with van der Waals surface area (Å²) in [5.41, 5.74) is 3.75. The van der Waals surface area contributed by atoms with Crippen molar-refractivity contribution in [1.82, 2.24) is 10.1 Å². The Hall–Kier alpha value is -2.42. The molecule has 2 heterocycles. The molecule has 0 spiro atoms. The number of aryl methyl sites for hydroxylation is 1. The molecule has 8 heteroatoms. The van der Waals surface area contributed by atoms with Crippen LogP contribution in [0.25, 0.3) is 11.0 Å². The fourth-order valence-corrected chi connectivity index (χ4v) is 7.06. The van der Waals surface area contributed by atoms with Crippen LogP contribution in [0.15, 0.2) is 47.0 Å². The van der Waals surface area contributed by atoms with E-state index < -0.39 is 16.2 Å². The first kappa shape index (κ1) is 25.2. The number of aromatic nitrogens is 1. The van der Waals surface area contributed by atoms with Gasteiger partial charge in [-0.3, -0.25) is 9.08 Å². The van der Waals surface area contributed by atoms with Gasteiger partial charge in [-0.05, 0) is 48.2 Å². The molecule has 1 atom stereocenters. The Morgan fingerprint density at radius 1 is 1.00 bits per heavy atom. The second-order valence-corrected chi connectivity index (χ2v) is 13.0. The Bertz CT molecular complexity index is 1350. The third kappa shape index (κ3) is 4.66. The molecule has 2 aliphatic rings. The molecule has 0 radical (unpaired) electrons. The molecule has 1 saturated heterocycles. The van der Waals surface area contributed by atoms with Gasteiger partial charge in [-0.1, -0.05) is 63.2 Å². The summed E-state index contributed by atoms with van der Waals surface area (Å²) in [6.07, 6.45) is 2.79. The topological polar surface area (TPSA) is 75.9 Å². The molecule has 7 nitrogen and oxygen atoms in total. The van der Waals surface area contributed by atoms with Gasteiger partial charge in [0.2, 0.25) is 0 Å². The molecule has 1 aliphatic carbocycles. The zero-order valence-electron chi connectivity index (χ0n) is 22.0. The van der Waals surface area contributed by atoms with Crippen molar-refractivity contribution < 1.29 is 17.1 Å². The van der Waals surface area contributed by atoms with E-state index in [0.29, 0.717) is 0 Å². The second kappa shape index (κ2) is 9.15. The van der Waals surface area contributed by atoms with Crippen LogP contribution < -0.4 is 4.90 Å². The van der Waals surface area contributed by atoms with Gasteiger partial charge in [-0.25, -0.2) is 0 Å². The van der Waals surface area contributed by atoms with Crippen molar-refractivity contribution in [3.05, 3.63) is 59.2 Å². The first-order chi connectivity index (χ1) is 17.0. The number of hydrogen-bond donors (Lipinski definition) is 0. The van der Waals surface area contributed by atoms with E-state index in [1.54, 1.807) is 0 Å². The fourth-order valence-electron chi connectivity index (χ4n) is 6.23. The smallest absolute Gasteiger partial charge is 0.264 e.